The van der Waals surface area contributed by atoms with E-state index in [-0.39, 0.29) is 18.4 Å². The van der Waals surface area contributed by atoms with Crippen LogP contribution >= 0.6 is 0 Å². The van der Waals surface area contributed by atoms with Crippen molar-refractivity contribution in [2.45, 2.75) is 13.3 Å². The third kappa shape index (κ3) is 3.94. The molecule has 24 heavy (non-hydrogen) atoms. The smallest absolute Gasteiger partial charge is 0.246 e. The number of morpholine rings is 1. The molecule has 6 nitrogen and oxygen atoms in total. The Hall–Kier alpha value is -1.92. The highest BCUT2D eigenvalue weighted by molar-refractivity contribution is 5.98. The second-order valence-electron chi connectivity index (χ2n) is 6.32. The molecular weight excluding hydrogens is 306 g/mol. The first-order valence-electron chi connectivity index (χ1n) is 8.59. The number of anilines is 1. The standard InChI is InChI=1S/C18H25N3O3/c1-15(22)20(9-8-19-10-12-24-13-11-19)14-18(23)21-7-6-16-4-2-3-5-17(16)21/h2-5H,6-14H2,1H3. The Kier molecular flexibility index (Phi) is 5.48. The van der Waals surface area contributed by atoms with Crippen LogP contribution < -0.4 is 4.90 Å². The van der Waals surface area contributed by atoms with Gasteiger partial charge in [0, 0.05) is 45.3 Å². The van der Waals surface area contributed by atoms with Gasteiger partial charge in [-0.15, -0.1) is 0 Å². The molecule has 0 N–H and O–H groups in total. The highest BCUT2D eigenvalue weighted by Crippen LogP contribution is 2.27. The van der Waals surface area contributed by atoms with Crippen molar-refractivity contribution in [3.8, 4) is 0 Å². The van der Waals surface area contributed by atoms with Crippen molar-refractivity contribution in [3.63, 3.8) is 0 Å². The van der Waals surface area contributed by atoms with Gasteiger partial charge < -0.3 is 14.5 Å². The summed E-state index contributed by atoms with van der Waals surface area (Å²) in [6, 6.07) is 7.98. The van der Waals surface area contributed by atoms with Gasteiger partial charge in [0.1, 0.15) is 6.54 Å². The van der Waals surface area contributed by atoms with Crippen LogP contribution in [0.25, 0.3) is 0 Å². The number of fused-ring (bicyclic) bond motifs is 1. The summed E-state index contributed by atoms with van der Waals surface area (Å²) in [4.78, 5) is 30.3. The van der Waals surface area contributed by atoms with Crippen molar-refractivity contribution in [2.24, 2.45) is 0 Å². The van der Waals surface area contributed by atoms with E-state index in [1.807, 2.05) is 18.2 Å². The summed E-state index contributed by atoms with van der Waals surface area (Å²) in [5.41, 5.74) is 2.19. The molecule has 1 aromatic carbocycles. The van der Waals surface area contributed by atoms with Crippen molar-refractivity contribution in [2.75, 3.05) is 57.4 Å². The number of carbonyl (C=O) groups excluding carboxylic acids is 2. The summed E-state index contributed by atoms with van der Waals surface area (Å²) in [5.74, 6) is -0.0544. The van der Waals surface area contributed by atoms with Gasteiger partial charge in [0.15, 0.2) is 0 Å². The van der Waals surface area contributed by atoms with E-state index in [1.165, 1.54) is 12.5 Å². The van der Waals surface area contributed by atoms with Crippen LogP contribution in [0.5, 0.6) is 0 Å². The Labute approximate surface area is 143 Å². The second kappa shape index (κ2) is 7.77. The maximum absolute atomic E-state index is 12.7. The van der Waals surface area contributed by atoms with Gasteiger partial charge in [-0.2, -0.15) is 0 Å². The summed E-state index contributed by atoms with van der Waals surface area (Å²) < 4.78 is 5.34. The van der Waals surface area contributed by atoms with Crippen molar-refractivity contribution in [3.05, 3.63) is 29.8 Å². The molecule has 1 saturated heterocycles. The van der Waals surface area contributed by atoms with Crippen molar-refractivity contribution in [1.29, 1.82) is 0 Å². The molecule has 2 heterocycles. The molecule has 0 atom stereocenters. The van der Waals surface area contributed by atoms with Gasteiger partial charge in [0.2, 0.25) is 11.8 Å². The van der Waals surface area contributed by atoms with Crippen LogP contribution in [-0.2, 0) is 20.7 Å². The predicted octanol–water partition coefficient (Wildman–Crippen LogP) is 0.756. The molecule has 2 amide bonds. The fraction of sp³-hybridized carbons (Fsp3) is 0.556. The fourth-order valence-corrected chi connectivity index (χ4v) is 3.28. The highest BCUT2D eigenvalue weighted by atomic mass is 16.5. The quantitative estimate of drug-likeness (QED) is 0.799. The first-order chi connectivity index (χ1) is 11.6. The van der Waals surface area contributed by atoms with Crippen LogP contribution in [0.3, 0.4) is 0 Å². The van der Waals surface area contributed by atoms with Crippen LogP contribution in [0, 0.1) is 0 Å². The SMILES string of the molecule is CC(=O)N(CCN1CCOCC1)CC(=O)N1CCc2ccccc21. The topological polar surface area (TPSA) is 53.1 Å². The maximum Gasteiger partial charge on any atom is 0.246 e. The third-order valence-corrected chi connectivity index (χ3v) is 4.75. The van der Waals surface area contributed by atoms with E-state index in [2.05, 4.69) is 11.0 Å². The molecule has 1 fully saturated rings. The fourth-order valence-electron chi connectivity index (χ4n) is 3.28. The minimum Gasteiger partial charge on any atom is -0.379 e. The van der Waals surface area contributed by atoms with Crippen LogP contribution in [0.2, 0.25) is 0 Å². The first-order valence-corrected chi connectivity index (χ1v) is 8.59. The van der Waals surface area contributed by atoms with E-state index in [4.69, 9.17) is 4.74 Å². The number of ether oxygens (including phenoxy) is 1. The van der Waals surface area contributed by atoms with Gasteiger partial charge in [0.25, 0.3) is 0 Å². The first kappa shape index (κ1) is 16.9. The molecule has 0 unspecified atom stereocenters. The van der Waals surface area contributed by atoms with Gasteiger partial charge in [-0.25, -0.2) is 0 Å². The summed E-state index contributed by atoms with van der Waals surface area (Å²) in [7, 11) is 0. The molecule has 0 aromatic heterocycles. The molecule has 3 rings (SSSR count). The van der Waals surface area contributed by atoms with Gasteiger partial charge in [-0.05, 0) is 18.1 Å². The number of nitrogens with zero attached hydrogens (tertiary/aromatic N) is 3. The van der Waals surface area contributed by atoms with E-state index in [0.717, 1.165) is 45.0 Å². The minimum absolute atomic E-state index is 0.00266. The highest BCUT2D eigenvalue weighted by Gasteiger charge is 2.26. The Balaban J connectivity index is 1.57. The molecule has 0 aliphatic carbocycles. The number of carbonyl (C=O) groups is 2. The zero-order valence-electron chi connectivity index (χ0n) is 14.2. The van der Waals surface area contributed by atoms with Gasteiger partial charge in [-0.1, -0.05) is 18.2 Å². The average Bonchev–Trinajstić information content (AvgIpc) is 3.03. The lowest BCUT2D eigenvalue weighted by atomic mass is 10.2. The normalized spacial score (nSPS) is 17.6. The summed E-state index contributed by atoms with van der Waals surface area (Å²) in [6.07, 6.45) is 0.885. The monoisotopic (exact) mass is 331 g/mol. The van der Waals surface area contributed by atoms with Gasteiger partial charge in [-0.3, -0.25) is 14.5 Å². The largest absolute Gasteiger partial charge is 0.379 e. The average molecular weight is 331 g/mol. The van der Waals surface area contributed by atoms with E-state index in [0.29, 0.717) is 13.1 Å². The molecule has 6 heteroatoms. The van der Waals surface area contributed by atoms with Crippen molar-refractivity contribution in [1.82, 2.24) is 9.80 Å². The Morgan fingerprint density at radius 3 is 2.67 bits per heavy atom. The minimum atomic E-state index is -0.0518. The molecule has 0 spiro atoms. The molecule has 1 aromatic rings. The Morgan fingerprint density at radius 2 is 1.92 bits per heavy atom. The molecule has 0 saturated carbocycles. The second-order valence-corrected chi connectivity index (χ2v) is 6.32. The van der Waals surface area contributed by atoms with E-state index < -0.39 is 0 Å². The molecule has 2 aliphatic heterocycles. The molecule has 130 valence electrons. The summed E-state index contributed by atoms with van der Waals surface area (Å²) >= 11 is 0. The van der Waals surface area contributed by atoms with Gasteiger partial charge in [0.05, 0.1) is 13.2 Å². The number of benzene rings is 1. The van der Waals surface area contributed by atoms with Crippen molar-refractivity contribution >= 4 is 17.5 Å². The van der Waals surface area contributed by atoms with Crippen LogP contribution in [0.1, 0.15) is 12.5 Å². The van der Waals surface area contributed by atoms with Crippen LogP contribution in [-0.4, -0.2) is 74.1 Å². The zero-order chi connectivity index (χ0) is 16.9. The van der Waals surface area contributed by atoms with E-state index in [9.17, 15) is 9.59 Å². The summed E-state index contributed by atoms with van der Waals surface area (Å²) in [5, 5.41) is 0. The van der Waals surface area contributed by atoms with E-state index >= 15 is 0 Å². The zero-order valence-corrected chi connectivity index (χ0v) is 14.2. The maximum atomic E-state index is 12.7. The lowest BCUT2D eigenvalue weighted by Gasteiger charge is -2.30. The van der Waals surface area contributed by atoms with Gasteiger partial charge >= 0.3 is 0 Å². The molecule has 0 bridgehead atoms. The Morgan fingerprint density at radius 1 is 1.17 bits per heavy atom. The number of hydrogen-bond acceptors (Lipinski definition) is 4. The lowest BCUT2D eigenvalue weighted by Crippen LogP contribution is -2.46. The van der Waals surface area contributed by atoms with E-state index in [1.54, 1.807) is 9.80 Å². The summed E-state index contributed by atoms with van der Waals surface area (Å²) in [6.45, 7) is 7.00. The lowest BCUT2D eigenvalue weighted by molar-refractivity contribution is -0.133. The Bertz CT molecular complexity index is 599. The number of amides is 2. The number of para-hydroxylation sites is 1. The molecule has 2 aliphatic rings. The molecule has 0 radical (unpaired) electrons. The predicted molar refractivity (Wildman–Crippen MR) is 92.0 cm³/mol. The number of hydrogen-bond donors (Lipinski definition) is 0. The van der Waals surface area contributed by atoms with Crippen LogP contribution in [0.15, 0.2) is 24.3 Å². The number of rotatable bonds is 5. The third-order valence-electron chi connectivity index (χ3n) is 4.75. The molecular formula is C18H25N3O3. The van der Waals surface area contributed by atoms with Crippen LogP contribution in [0.4, 0.5) is 5.69 Å². The van der Waals surface area contributed by atoms with Crippen molar-refractivity contribution < 1.29 is 14.3 Å².